The fourth-order valence-corrected chi connectivity index (χ4v) is 3.19. The number of primary amides is 1. The van der Waals surface area contributed by atoms with Crippen LogP contribution in [-0.4, -0.2) is 76.0 Å². The number of carbonyl (C=O) groups excluding carboxylic acids is 5. The third-order valence-corrected chi connectivity index (χ3v) is 5.15. The van der Waals surface area contributed by atoms with Crippen LogP contribution in [0.15, 0.2) is 0 Å². The van der Waals surface area contributed by atoms with E-state index in [4.69, 9.17) is 10.8 Å². The zero-order valence-electron chi connectivity index (χ0n) is 21.8. The summed E-state index contributed by atoms with van der Waals surface area (Å²) in [5.74, 6) is -5.12. The SMILES string of the molecule is CC(C)CC(NC(=O)C(CCC(=O)O)NC(=O)C(NC(=O)CC(C)O)C(C)C)C(=O)NC(C)C(N)=O. The maximum atomic E-state index is 13.1. The molecule has 5 amide bonds. The Kier molecular flexibility index (Phi) is 14.3. The number of aliphatic hydroxyl groups is 1. The molecule has 5 unspecified atom stereocenters. The Labute approximate surface area is 211 Å². The quantitative estimate of drug-likeness (QED) is 0.132. The Morgan fingerprint density at radius 1 is 0.778 bits per heavy atom. The highest BCUT2D eigenvalue weighted by Gasteiger charge is 2.32. The zero-order valence-corrected chi connectivity index (χ0v) is 21.8. The zero-order chi connectivity index (χ0) is 28.2. The molecule has 13 heteroatoms. The number of carboxylic acid groups (broad SMARTS) is 1. The van der Waals surface area contributed by atoms with Crippen molar-refractivity contribution in [2.24, 2.45) is 17.6 Å². The summed E-state index contributed by atoms with van der Waals surface area (Å²) in [6.45, 7) is 9.78. The molecule has 0 aromatic rings. The van der Waals surface area contributed by atoms with E-state index >= 15 is 0 Å². The molecule has 0 fully saturated rings. The van der Waals surface area contributed by atoms with Crippen molar-refractivity contribution in [2.45, 2.75) is 97.5 Å². The maximum Gasteiger partial charge on any atom is 0.303 e. The average Bonchev–Trinajstić information content (AvgIpc) is 2.72. The summed E-state index contributed by atoms with van der Waals surface area (Å²) < 4.78 is 0. The fourth-order valence-electron chi connectivity index (χ4n) is 3.19. The second-order valence-electron chi connectivity index (χ2n) is 9.66. The monoisotopic (exact) mass is 515 g/mol. The molecule has 0 saturated carbocycles. The van der Waals surface area contributed by atoms with Gasteiger partial charge in [-0.25, -0.2) is 0 Å². The van der Waals surface area contributed by atoms with Crippen LogP contribution >= 0.6 is 0 Å². The van der Waals surface area contributed by atoms with Crippen LogP contribution in [0.25, 0.3) is 0 Å². The third-order valence-electron chi connectivity index (χ3n) is 5.15. The van der Waals surface area contributed by atoms with Gasteiger partial charge in [0.1, 0.15) is 24.2 Å². The van der Waals surface area contributed by atoms with Gasteiger partial charge in [0.2, 0.25) is 29.5 Å². The molecule has 0 aromatic carbocycles. The summed E-state index contributed by atoms with van der Waals surface area (Å²) in [4.78, 5) is 73.2. The number of nitrogens with two attached hydrogens (primary N) is 1. The van der Waals surface area contributed by atoms with Gasteiger partial charge in [-0.2, -0.15) is 0 Å². The smallest absolute Gasteiger partial charge is 0.303 e. The van der Waals surface area contributed by atoms with Gasteiger partial charge in [0.15, 0.2) is 0 Å². The van der Waals surface area contributed by atoms with E-state index in [9.17, 15) is 33.9 Å². The van der Waals surface area contributed by atoms with Crippen LogP contribution in [-0.2, 0) is 28.8 Å². The molecule has 0 bridgehead atoms. The van der Waals surface area contributed by atoms with Crippen LogP contribution in [0.1, 0.15) is 67.2 Å². The minimum Gasteiger partial charge on any atom is -0.481 e. The number of carbonyl (C=O) groups is 6. The van der Waals surface area contributed by atoms with Crippen LogP contribution in [0, 0.1) is 11.8 Å². The number of amides is 5. The van der Waals surface area contributed by atoms with Crippen molar-refractivity contribution in [3.05, 3.63) is 0 Å². The predicted molar refractivity (Wildman–Crippen MR) is 130 cm³/mol. The van der Waals surface area contributed by atoms with Crippen LogP contribution < -0.4 is 27.0 Å². The molecule has 36 heavy (non-hydrogen) atoms. The van der Waals surface area contributed by atoms with E-state index in [0.717, 1.165) is 0 Å². The molecule has 0 saturated heterocycles. The lowest BCUT2D eigenvalue weighted by Crippen LogP contribution is -2.58. The largest absolute Gasteiger partial charge is 0.481 e. The van der Waals surface area contributed by atoms with Gasteiger partial charge in [0.25, 0.3) is 0 Å². The molecule has 0 radical (unpaired) electrons. The molecule has 0 aliphatic carbocycles. The first-order valence-electron chi connectivity index (χ1n) is 11.9. The highest BCUT2D eigenvalue weighted by atomic mass is 16.4. The minimum absolute atomic E-state index is 0.0357. The molecule has 0 aromatic heterocycles. The van der Waals surface area contributed by atoms with Gasteiger partial charge in [0.05, 0.1) is 12.5 Å². The maximum absolute atomic E-state index is 13.1. The number of nitrogens with one attached hydrogen (secondary N) is 4. The molecule has 0 aliphatic heterocycles. The summed E-state index contributed by atoms with van der Waals surface area (Å²) in [6, 6.07) is -4.43. The van der Waals surface area contributed by atoms with E-state index in [2.05, 4.69) is 21.3 Å². The molecule has 8 N–H and O–H groups in total. The van der Waals surface area contributed by atoms with E-state index in [1.807, 2.05) is 13.8 Å². The van der Waals surface area contributed by atoms with Gasteiger partial charge in [-0.05, 0) is 38.5 Å². The second-order valence-corrected chi connectivity index (χ2v) is 9.66. The van der Waals surface area contributed by atoms with Crippen molar-refractivity contribution in [3.8, 4) is 0 Å². The van der Waals surface area contributed by atoms with E-state index in [-0.39, 0.29) is 31.1 Å². The van der Waals surface area contributed by atoms with Crippen LogP contribution in [0.5, 0.6) is 0 Å². The summed E-state index contributed by atoms with van der Waals surface area (Å²) in [5, 5.41) is 28.4. The molecule has 5 atom stereocenters. The van der Waals surface area contributed by atoms with Crippen LogP contribution in [0.4, 0.5) is 0 Å². The van der Waals surface area contributed by atoms with Gasteiger partial charge in [0, 0.05) is 6.42 Å². The molecular formula is C23H41N5O8. The highest BCUT2D eigenvalue weighted by molar-refractivity contribution is 5.95. The Morgan fingerprint density at radius 2 is 1.31 bits per heavy atom. The van der Waals surface area contributed by atoms with Crippen molar-refractivity contribution >= 4 is 35.5 Å². The Hall–Kier alpha value is -3.22. The van der Waals surface area contributed by atoms with Crippen LogP contribution in [0.3, 0.4) is 0 Å². The normalized spacial score (nSPS) is 15.2. The number of hydrogen-bond donors (Lipinski definition) is 7. The van der Waals surface area contributed by atoms with Crippen LogP contribution in [0.2, 0.25) is 0 Å². The van der Waals surface area contributed by atoms with E-state index in [1.54, 1.807) is 13.8 Å². The first kappa shape index (κ1) is 32.8. The fraction of sp³-hybridized carbons (Fsp3) is 0.739. The van der Waals surface area contributed by atoms with Gasteiger partial charge < -0.3 is 37.2 Å². The molecule has 0 rings (SSSR count). The lowest BCUT2D eigenvalue weighted by Gasteiger charge is -2.27. The Bertz CT molecular complexity index is 799. The molecule has 206 valence electrons. The van der Waals surface area contributed by atoms with Gasteiger partial charge in [-0.1, -0.05) is 27.7 Å². The van der Waals surface area contributed by atoms with E-state index in [1.165, 1.54) is 13.8 Å². The average molecular weight is 516 g/mol. The first-order chi connectivity index (χ1) is 16.5. The summed E-state index contributed by atoms with van der Waals surface area (Å²) in [5.41, 5.74) is 5.18. The number of rotatable bonds is 16. The molecular weight excluding hydrogens is 474 g/mol. The third kappa shape index (κ3) is 13.0. The lowest BCUT2D eigenvalue weighted by molar-refractivity contribution is -0.138. The van der Waals surface area contributed by atoms with Crippen molar-refractivity contribution in [1.29, 1.82) is 0 Å². The van der Waals surface area contributed by atoms with E-state index < -0.39 is 72.2 Å². The topological polar surface area (TPSA) is 217 Å². The number of aliphatic hydroxyl groups excluding tert-OH is 1. The Morgan fingerprint density at radius 3 is 1.75 bits per heavy atom. The Balaban J connectivity index is 5.69. The van der Waals surface area contributed by atoms with Gasteiger partial charge >= 0.3 is 5.97 Å². The standard InChI is InChI=1S/C23H41N5O8/c1-11(2)9-16(22(35)25-14(6)20(24)33)27-21(34)15(7-8-18(31)32)26-23(36)19(12(3)4)28-17(30)10-13(5)29/h11-16,19,29H,7-10H2,1-6H3,(H2,24,33)(H,25,35)(H,26,36)(H,27,34)(H,28,30)(H,31,32). The first-order valence-corrected chi connectivity index (χ1v) is 11.9. The molecule has 0 spiro atoms. The number of hydrogen-bond acceptors (Lipinski definition) is 7. The second kappa shape index (κ2) is 15.7. The van der Waals surface area contributed by atoms with Crippen molar-refractivity contribution in [2.75, 3.05) is 0 Å². The van der Waals surface area contributed by atoms with E-state index in [0.29, 0.717) is 0 Å². The highest BCUT2D eigenvalue weighted by Crippen LogP contribution is 2.09. The number of aliphatic carboxylic acids is 1. The summed E-state index contributed by atoms with van der Waals surface area (Å²) in [7, 11) is 0. The predicted octanol–water partition coefficient (Wildman–Crippen LogP) is -1.23. The van der Waals surface area contributed by atoms with Crippen molar-refractivity contribution in [3.63, 3.8) is 0 Å². The summed E-state index contributed by atoms with van der Waals surface area (Å²) in [6.07, 6.45) is -1.66. The van der Waals surface area contributed by atoms with Crippen molar-refractivity contribution in [1.82, 2.24) is 21.3 Å². The summed E-state index contributed by atoms with van der Waals surface area (Å²) >= 11 is 0. The molecule has 0 heterocycles. The minimum atomic E-state index is -1.32. The van der Waals surface area contributed by atoms with Gasteiger partial charge in [-0.3, -0.25) is 28.8 Å². The lowest BCUT2D eigenvalue weighted by atomic mass is 10.0. The van der Waals surface area contributed by atoms with Gasteiger partial charge in [-0.15, -0.1) is 0 Å². The van der Waals surface area contributed by atoms with Crippen molar-refractivity contribution < 1.29 is 39.0 Å². The molecule has 0 aliphatic rings. The molecule has 13 nitrogen and oxygen atoms in total. The number of carboxylic acids is 1.